The molecule has 1 amide bonds. The fourth-order valence-corrected chi connectivity index (χ4v) is 3.13. The second-order valence-electron chi connectivity index (χ2n) is 6.03. The maximum atomic E-state index is 12.7. The van der Waals surface area contributed by atoms with E-state index >= 15 is 0 Å². The highest BCUT2D eigenvalue weighted by molar-refractivity contribution is 6.31. The first-order chi connectivity index (χ1) is 12.6. The number of hydrogen-bond donors (Lipinski definition) is 1. The van der Waals surface area contributed by atoms with Crippen LogP contribution in [0.15, 0.2) is 47.1 Å². The van der Waals surface area contributed by atoms with Gasteiger partial charge in [-0.2, -0.15) is 4.98 Å². The van der Waals surface area contributed by atoms with Gasteiger partial charge in [0.15, 0.2) is 5.82 Å². The average molecular weight is 370 g/mol. The number of hydrogen-bond acceptors (Lipinski definition) is 6. The Hall–Kier alpha value is -2.93. The second-order valence-corrected chi connectivity index (χ2v) is 6.47. The largest absolute Gasteiger partial charge is 0.358 e. The summed E-state index contributed by atoms with van der Waals surface area (Å²) >= 11 is 6.03. The van der Waals surface area contributed by atoms with Crippen molar-refractivity contribution in [3.63, 3.8) is 0 Å². The van der Waals surface area contributed by atoms with Crippen molar-refractivity contribution in [3.8, 4) is 11.5 Å². The number of aromatic nitrogens is 3. The molecule has 1 aromatic carbocycles. The van der Waals surface area contributed by atoms with Gasteiger partial charge in [-0.3, -0.25) is 4.79 Å². The summed E-state index contributed by atoms with van der Waals surface area (Å²) in [6, 6.07) is 10.5. The third-order valence-electron chi connectivity index (χ3n) is 4.18. The third-order valence-corrected chi connectivity index (χ3v) is 4.42. The van der Waals surface area contributed by atoms with Gasteiger partial charge < -0.3 is 14.7 Å². The maximum Gasteiger partial charge on any atom is 0.258 e. The smallest absolute Gasteiger partial charge is 0.258 e. The molecule has 0 saturated carbocycles. The highest BCUT2D eigenvalue weighted by Crippen LogP contribution is 2.26. The van der Waals surface area contributed by atoms with Crippen molar-refractivity contribution < 1.29 is 9.32 Å². The fraction of sp³-hybridized carbons (Fsp3) is 0.222. The number of pyridine rings is 1. The van der Waals surface area contributed by atoms with Crippen molar-refractivity contribution in [2.75, 3.05) is 16.8 Å². The van der Waals surface area contributed by atoms with Crippen LogP contribution in [0.1, 0.15) is 12.2 Å². The first-order valence-corrected chi connectivity index (χ1v) is 8.58. The Labute approximate surface area is 155 Å². The Morgan fingerprint density at radius 2 is 2.19 bits per heavy atom. The Balaban J connectivity index is 1.51. The van der Waals surface area contributed by atoms with E-state index in [9.17, 15) is 4.79 Å². The number of anilines is 2. The number of carbonyl (C=O) groups excluding carboxylic acids is 1. The summed E-state index contributed by atoms with van der Waals surface area (Å²) in [5, 5.41) is 7.59. The number of halogens is 1. The Morgan fingerprint density at radius 1 is 1.31 bits per heavy atom. The van der Waals surface area contributed by atoms with Gasteiger partial charge in [0, 0.05) is 29.0 Å². The predicted molar refractivity (Wildman–Crippen MR) is 98.1 cm³/mol. The van der Waals surface area contributed by atoms with E-state index in [2.05, 4.69) is 20.4 Å². The minimum Gasteiger partial charge on any atom is -0.358 e. The Kier molecular flexibility index (Phi) is 4.30. The molecule has 0 radical (unpaired) electrons. The number of nitrogens with one attached hydrogen (secondary N) is 1. The minimum absolute atomic E-state index is 0.00638. The van der Waals surface area contributed by atoms with Gasteiger partial charge in [0.2, 0.25) is 5.91 Å². The van der Waals surface area contributed by atoms with Crippen molar-refractivity contribution >= 4 is 29.0 Å². The lowest BCUT2D eigenvalue weighted by atomic mass is 10.2. The number of carbonyl (C=O) groups is 1. The van der Waals surface area contributed by atoms with Crippen LogP contribution in [0, 0.1) is 6.92 Å². The van der Waals surface area contributed by atoms with Crippen LogP contribution in [0.4, 0.5) is 11.5 Å². The number of rotatable bonds is 4. The van der Waals surface area contributed by atoms with Crippen LogP contribution in [0.3, 0.4) is 0 Å². The lowest BCUT2D eigenvalue weighted by molar-refractivity contribution is -0.117. The summed E-state index contributed by atoms with van der Waals surface area (Å²) in [5.41, 5.74) is 1.55. The normalized spacial score (nSPS) is 16.9. The van der Waals surface area contributed by atoms with E-state index in [1.807, 2.05) is 12.1 Å². The van der Waals surface area contributed by atoms with Gasteiger partial charge in [0.1, 0.15) is 11.9 Å². The van der Waals surface area contributed by atoms with Gasteiger partial charge in [0.25, 0.3) is 5.89 Å². The molecule has 1 aliphatic heterocycles. The molecule has 2 aromatic heterocycles. The van der Waals surface area contributed by atoms with E-state index in [1.54, 1.807) is 42.3 Å². The summed E-state index contributed by atoms with van der Waals surface area (Å²) in [6.45, 7) is 2.38. The van der Waals surface area contributed by atoms with E-state index in [1.165, 1.54) is 0 Å². The summed E-state index contributed by atoms with van der Waals surface area (Å²) in [4.78, 5) is 23.0. The highest BCUT2D eigenvalue weighted by Gasteiger charge is 2.32. The molecule has 1 aliphatic rings. The average Bonchev–Trinajstić information content (AvgIpc) is 3.22. The molecule has 0 spiro atoms. The summed E-state index contributed by atoms with van der Waals surface area (Å²) < 4.78 is 5.18. The number of amides is 1. The standard InChI is InChI=1S/C18H16ClN5O2/c1-11-21-17(26-23-11)12-5-7-20-16(9-12)22-15-6-8-24(18(15)25)14-4-2-3-13(19)10-14/h2-5,7,9-10,15H,6,8H2,1H3,(H,20,22). The molecular weight excluding hydrogens is 354 g/mol. The summed E-state index contributed by atoms with van der Waals surface area (Å²) in [6.07, 6.45) is 2.32. The summed E-state index contributed by atoms with van der Waals surface area (Å²) in [5.74, 6) is 1.57. The SMILES string of the molecule is Cc1noc(-c2ccnc(NC3CCN(c4cccc(Cl)c4)C3=O)c2)n1. The lowest BCUT2D eigenvalue weighted by Gasteiger charge is -2.17. The van der Waals surface area contributed by atoms with Gasteiger partial charge in [-0.05, 0) is 43.7 Å². The van der Waals surface area contributed by atoms with Gasteiger partial charge in [0.05, 0.1) is 0 Å². The van der Waals surface area contributed by atoms with Crippen molar-refractivity contribution in [2.45, 2.75) is 19.4 Å². The van der Waals surface area contributed by atoms with Gasteiger partial charge in [-0.1, -0.05) is 22.8 Å². The first-order valence-electron chi connectivity index (χ1n) is 8.20. The fourth-order valence-electron chi connectivity index (χ4n) is 2.95. The van der Waals surface area contributed by atoms with Crippen molar-refractivity contribution in [2.24, 2.45) is 0 Å². The molecule has 1 saturated heterocycles. The summed E-state index contributed by atoms with van der Waals surface area (Å²) in [7, 11) is 0. The number of benzene rings is 1. The predicted octanol–water partition coefficient (Wildman–Crippen LogP) is 3.31. The van der Waals surface area contributed by atoms with Gasteiger partial charge in [-0.25, -0.2) is 4.98 Å². The molecule has 1 unspecified atom stereocenters. The minimum atomic E-state index is -0.346. The third kappa shape index (κ3) is 3.25. The zero-order valence-corrected chi connectivity index (χ0v) is 14.8. The van der Waals surface area contributed by atoms with E-state index in [0.29, 0.717) is 35.5 Å². The molecular formula is C18H16ClN5O2. The van der Waals surface area contributed by atoms with Crippen LogP contribution in [0.2, 0.25) is 5.02 Å². The number of nitrogens with zero attached hydrogens (tertiary/aromatic N) is 4. The zero-order valence-electron chi connectivity index (χ0n) is 14.0. The molecule has 3 heterocycles. The van der Waals surface area contributed by atoms with Crippen LogP contribution < -0.4 is 10.2 Å². The van der Waals surface area contributed by atoms with E-state index in [4.69, 9.17) is 16.1 Å². The van der Waals surface area contributed by atoms with Gasteiger partial charge >= 0.3 is 0 Å². The van der Waals surface area contributed by atoms with E-state index in [-0.39, 0.29) is 11.9 Å². The number of aryl methyl sites for hydroxylation is 1. The molecule has 7 nitrogen and oxygen atoms in total. The maximum absolute atomic E-state index is 12.7. The highest BCUT2D eigenvalue weighted by atomic mass is 35.5. The molecule has 0 aliphatic carbocycles. The molecule has 1 atom stereocenters. The first kappa shape index (κ1) is 16.5. The molecule has 1 N–H and O–H groups in total. The van der Waals surface area contributed by atoms with Crippen molar-refractivity contribution in [1.29, 1.82) is 0 Å². The second kappa shape index (κ2) is 6.76. The van der Waals surface area contributed by atoms with Crippen LogP contribution in [0.5, 0.6) is 0 Å². The van der Waals surface area contributed by atoms with Crippen LogP contribution in [0.25, 0.3) is 11.5 Å². The molecule has 26 heavy (non-hydrogen) atoms. The molecule has 4 rings (SSSR count). The van der Waals surface area contributed by atoms with E-state index in [0.717, 1.165) is 11.3 Å². The molecule has 1 fully saturated rings. The lowest BCUT2D eigenvalue weighted by Crippen LogP contribution is -2.33. The monoisotopic (exact) mass is 369 g/mol. The molecule has 0 bridgehead atoms. The molecule has 3 aromatic rings. The van der Waals surface area contributed by atoms with Crippen LogP contribution in [-0.4, -0.2) is 33.6 Å². The molecule has 8 heteroatoms. The Morgan fingerprint density at radius 3 is 2.96 bits per heavy atom. The van der Waals surface area contributed by atoms with Crippen LogP contribution in [-0.2, 0) is 4.79 Å². The van der Waals surface area contributed by atoms with Crippen molar-refractivity contribution in [3.05, 3.63) is 53.4 Å². The van der Waals surface area contributed by atoms with Crippen molar-refractivity contribution in [1.82, 2.24) is 15.1 Å². The Bertz CT molecular complexity index is 958. The van der Waals surface area contributed by atoms with E-state index < -0.39 is 0 Å². The van der Waals surface area contributed by atoms with Gasteiger partial charge in [-0.15, -0.1) is 0 Å². The quantitative estimate of drug-likeness (QED) is 0.759. The topological polar surface area (TPSA) is 84.2 Å². The van der Waals surface area contributed by atoms with Crippen LogP contribution >= 0.6 is 11.6 Å². The zero-order chi connectivity index (χ0) is 18.1. The molecule has 132 valence electrons.